The number of carbonyl (C=O) groups excluding carboxylic acids is 1. The average molecular weight is 576 g/mol. The quantitative estimate of drug-likeness (QED) is 0.287. The maximum Gasteiger partial charge on any atom is 0.272 e. The van der Waals surface area contributed by atoms with E-state index in [-0.39, 0.29) is 35.5 Å². The second-order valence-corrected chi connectivity index (χ2v) is 12.0. The van der Waals surface area contributed by atoms with Crippen LogP contribution in [0.5, 0.6) is 11.6 Å². The lowest BCUT2D eigenvalue weighted by Gasteiger charge is -2.21. The summed E-state index contributed by atoms with van der Waals surface area (Å²) in [4.78, 5) is 23.3. The lowest BCUT2D eigenvalue weighted by molar-refractivity contribution is -0.385. The molecule has 12 nitrogen and oxygen atoms in total. The fourth-order valence-electron chi connectivity index (χ4n) is 4.14. The van der Waals surface area contributed by atoms with Crippen molar-refractivity contribution in [3.8, 4) is 17.3 Å². The van der Waals surface area contributed by atoms with Crippen LogP contribution in [0.4, 0.5) is 10.1 Å². The molecule has 1 amide bonds. The molecule has 1 unspecified atom stereocenters. The smallest absolute Gasteiger partial charge is 0.272 e. The molecule has 2 N–H and O–H groups in total. The van der Waals surface area contributed by atoms with Crippen molar-refractivity contribution in [2.45, 2.75) is 57.1 Å². The highest BCUT2D eigenvalue weighted by Gasteiger charge is 2.30. The first-order valence-corrected chi connectivity index (χ1v) is 14.0. The first-order chi connectivity index (χ1) is 18.7. The maximum atomic E-state index is 13.7. The number of amides is 1. The molecule has 0 aliphatic carbocycles. The molecule has 0 bridgehead atoms. The molecule has 14 heteroatoms. The summed E-state index contributed by atoms with van der Waals surface area (Å²) < 4.78 is 55.6. The minimum absolute atomic E-state index is 0.00328. The van der Waals surface area contributed by atoms with Crippen molar-refractivity contribution >= 4 is 21.6 Å². The van der Waals surface area contributed by atoms with Gasteiger partial charge in [0.1, 0.15) is 16.5 Å². The second-order valence-electron chi connectivity index (χ2n) is 10.4. The molecule has 40 heavy (non-hydrogen) atoms. The largest absolute Gasteiger partial charge is 0.437 e. The molecule has 4 rings (SSSR count). The summed E-state index contributed by atoms with van der Waals surface area (Å²) in [6.07, 6.45) is 1.61. The summed E-state index contributed by atoms with van der Waals surface area (Å²) in [6, 6.07) is 8.38. The highest BCUT2D eigenvalue weighted by molar-refractivity contribution is 7.89. The van der Waals surface area contributed by atoms with Gasteiger partial charge in [-0.3, -0.25) is 14.9 Å². The van der Waals surface area contributed by atoms with Crippen molar-refractivity contribution in [1.29, 1.82) is 0 Å². The number of aromatic nitrogens is 2. The van der Waals surface area contributed by atoms with Crippen LogP contribution >= 0.6 is 0 Å². The van der Waals surface area contributed by atoms with Crippen LogP contribution in [0.15, 0.2) is 47.4 Å². The molecule has 3 aromatic rings. The first-order valence-electron chi connectivity index (χ1n) is 12.5. The fraction of sp³-hybridized carbons (Fsp3) is 0.385. The predicted molar refractivity (Wildman–Crippen MR) is 143 cm³/mol. The molecular formula is C26H30FN5O7S. The van der Waals surface area contributed by atoms with E-state index in [2.05, 4.69) is 15.1 Å². The van der Waals surface area contributed by atoms with Crippen LogP contribution in [0.2, 0.25) is 0 Å². The Labute approximate surface area is 230 Å². The molecule has 1 aliphatic rings. The zero-order chi connectivity index (χ0) is 29.2. The summed E-state index contributed by atoms with van der Waals surface area (Å²) >= 11 is 0. The van der Waals surface area contributed by atoms with Gasteiger partial charge >= 0.3 is 0 Å². The summed E-state index contributed by atoms with van der Waals surface area (Å²) in [6.45, 7) is 7.34. The molecule has 2 aromatic carbocycles. The van der Waals surface area contributed by atoms with Crippen LogP contribution in [0.3, 0.4) is 0 Å². The maximum absolute atomic E-state index is 13.7. The van der Waals surface area contributed by atoms with Crippen molar-refractivity contribution < 1.29 is 32.0 Å². The Balaban J connectivity index is 1.79. The van der Waals surface area contributed by atoms with Gasteiger partial charge in [0.2, 0.25) is 15.9 Å². The number of non-ortho nitro benzene ring substituents is 1. The van der Waals surface area contributed by atoms with Crippen LogP contribution < -0.4 is 14.8 Å². The van der Waals surface area contributed by atoms with Gasteiger partial charge in [-0.15, -0.1) is 0 Å². The highest BCUT2D eigenvalue weighted by atomic mass is 32.2. The number of carbonyl (C=O) groups is 1. The Hall–Kier alpha value is -3.88. The van der Waals surface area contributed by atoms with E-state index in [1.807, 2.05) is 0 Å². The lowest BCUT2D eigenvalue weighted by Crippen LogP contribution is -2.40. The Morgan fingerprint density at radius 2 is 1.95 bits per heavy atom. The standard InChI is InChI=1S/C26H30FN5O7S/c1-16-23(24(33)28-15-20-6-5-13-38-20)29-31(18-9-7-17(27)8-10-18)25(16)39-21-12-11-19(32(34)35)14-22(21)40(36,37)30-26(2,3)4/h7-12,14,20,30H,5-6,13,15H2,1-4H3,(H,28,33). The summed E-state index contributed by atoms with van der Waals surface area (Å²) in [5.41, 5.74) is -0.770. The van der Waals surface area contributed by atoms with Gasteiger partial charge in [0.25, 0.3) is 11.6 Å². The molecule has 1 atom stereocenters. The van der Waals surface area contributed by atoms with Crippen molar-refractivity contribution in [1.82, 2.24) is 19.8 Å². The number of hydrogen-bond acceptors (Lipinski definition) is 8. The van der Waals surface area contributed by atoms with Gasteiger partial charge in [-0.25, -0.2) is 17.5 Å². The molecule has 1 saturated heterocycles. The summed E-state index contributed by atoms with van der Waals surface area (Å²) in [5, 5.41) is 18.6. The topological polar surface area (TPSA) is 155 Å². The first kappa shape index (κ1) is 29.1. The number of hydrogen-bond donors (Lipinski definition) is 2. The molecule has 1 fully saturated rings. The molecular weight excluding hydrogens is 545 g/mol. The van der Waals surface area contributed by atoms with Gasteiger partial charge in [-0.1, -0.05) is 0 Å². The number of nitrogens with one attached hydrogen (secondary N) is 2. The summed E-state index contributed by atoms with van der Waals surface area (Å²) in [5.74, 6) is -1.28. The predicted octanol–water partition coefficient (Wildman–Crippen LogP) is 4.01. The third-order valence-electron chi connectivity index (χ3n) is 5.94. The van der Waals surface area contributed by atoms with Crippen LogP contribution in [0.1, 0.15) is 49.7 Å². The highest BCUT2D eigenvalue weighted by Crippen LogP contribution is 2.36. The number of sulfonamides is 1. The molecule has 1 aromatic heterocycles. The Morgan fingerprint density at radius 3 is 2.55 bits per heavy atom. The molecule has 1 aliphatic heterocycles. The van der Waals surface area contributed by atoms with Crippen LogP contribution in [-0.4, -0.2) is 53.8 Å². The monoisotopic (exact) mass is 575 g/mol. The zero-order valence-corrected chi connectivity index (χ0v) is 23.2. The average Bonchev–Trinajstić information content (AvgIpc) is 3.50. The van der Waals surface area contributed by atoms with Crippen molar-refractivity contribution in [3.63, 3.8) is 0 Å². The van der Waals surface area contributed by atoms with Crippen LogP contribution in [0, 0.1) is 22.9 Å². The Morgan fingerprint density at radius 1 is 1.25 bits per heavy atom. The number of benzene rings is 2. The van der Waals surface area contributed by atoms with E-state index < -0.39 is 42.8 Å². The lowest BCUT2D eigenvalue weighted by atomic mass is 10.1. The van der Waals surface area contributed by atoms with Gasteiger partial charge < -0.3 is 14.8 Å². The number of ether oxygens (including phenoxy) is 2. The third kappa shape index (κ3) is 6.63. The Kier molecular flexibility index (Phi) is 8.23. The normalized spacial score (nSPS) is 15.7. The summed E-state index contributed by atoms with van der Waals surface area (Å²) in [7, 11) is -4.30. The molecule has 0 radical (unpaired) electrons. The van der Waals surface area contributed by atoms with E-state index in [4.69, 9.17) is 9.47 Å². The van der Waals surface area contributed by atoms with Gasteiger partial charge in [-0.05, 0) is 70.9 Å². The van der Waals surface area contributed by atoms with Crippen LogP contribution in [-0.2, 0) is 14.8 Å². The third-order valence-corrected chi connectivity index (χ3v) is 7.72. The van der Waals surface area contributed by atoms with E-state index in [1.54, 1.807) is 27.7 Å². The van der Waals surface area contributed by atoms with Gasteiger partial charge in [0.05, 0.1) is 16.7 Å². The van der Waals surface area contributed by atoms with E-state index in [9.17, 15) is 27.7 Å². The van der Waals surface area contributed by atoms with Crippen molar-refractivity contribution in [3.05, 3.63) is 69.7 Å². The number of nitro groups is 1. The number of nitrogens with zero attached hydrogens (tertiary/aromatic N) is 3. The fourth-order valence-corrected chi connectivity index (χ4v) is 5.70. The zero-order valence-electron chi connectivity index (χ0n) is 22.4. The molecule has 0 spiro atoms. The van der Waals surface area contributed by atoms with Crippen molar-refractivity contribution in [2.75, 3.05) is 13.2 Å². The molecule has 0 saturated carbocycles. The molecule has 2 heterocycles. The minimum atomic E-state index is -4.30. The number of nitro benzene ring substituents is 1. The number of halogens is 1. The van der Waals surface area contributed by atoms with Gasteiger partial charge in [-0.2, -0.15) is 9.78 Å². The van der Waals surface area contributed by atoms with E-state index >= 15 is 0 Å². The van der Waals surface area contributed by atoms with Crippen LogP contribution in [0.25, 0.3) is 5.69 Å². The van der Waals surface area contributed by atoms with E-state index in [0.717, 1.165) is 31.0 Å². The minimum Gasteiger partial charge on any atom is -0.437 e. The van der Waals surface area contributed by atoms with E-state index in [1.165, 1.54) is 28.9 Å². The Bertz CT molecular complexity index is 1530. The number of rotatable bonds is 9. The second kappa shape index (κ2) is 11.3. The SMILES string of the molecule is Cc1c(C(=O)NCC2CCCO2)nn(-c2ccc(F)cc2)c1Oc1ccc([N+](=O)[O-])cc1S(=O)(=O)NC(C)(C)C. The van der Waals surface area contributed by atoms with Crippen molar-refractivity contribution in [2.24, 2.45) is 0 Å². The van der Waals surface area contributed by atoms with Gasteiger partial charge in [0, 0.05) is 36.4 Å². The van der Waals surface area contributed by atoms with Gasteiger partial charge in [0.15, 0.2) is 5.69 Å². The van der Waals surface area contributed by atoms with E-state index in [0.29, 0.717) is 12.3 Å². The molecule has 214 valence electrons.